The summed E-state index contributed by atoms with van der Waals surface area (Å²) in [6, 6.07) is 12.8. The topological polar surface area (TPSA) is 72.0 Å². The van der Waals surface area contributed by atoms with Gasteiger partial charge < -0.3 is 25.8 Å². The highest BCUT2D eigenvalue weighted by molar-refractivity contribution is 6.03. The monoisotopic (exact) mass is 502 g/mol. The second-order valence-electron chi connectivity index (χ2n) is 9.99. The van der Waals surface area contributed by atoms with Gasteiger partial charge in [-0.25, -0.2) is 9.18 Å². The van der Waals surface area contributed by atoms with Gasteiger partial charge in [-0.05, 0) is 68.5 Å². The van der Waals surface area contributed by atoms with Crippen LogP contribution in [0.4, 0.5) is 26.2 Å². The molecule has 1 unspecified atom stereocenters. The number of anilines is 3. The average Bonchev–Trinajstić information content (AvgIpc) is 3.54. The first-order chi connectivity index (χ1) is 18.0. The summed E-state index contributed by atoms with van der Waals surface area (Å²) in [6.45, 7) is 4.90. The van der Waals surface area contributed by atoms with Crippen LogP contribution in [-0.2, 0) is 0 Å². The van der Waals surface area contributed by atoms with E-state index in [-0.39, 0.29) is 5.69 Å². The van der Waals surface area contributed by atoms with Crippen LogP contribution in [0, 0.1) is 5.82 Å². The number of amides is 2. The number of halogens is 1. The van der Waals surface area contributed by atoms with Gasteiger partial charge >= 0.3 is 6.03 Å². The van der Waals surface area contributed by atoms with Crippen molar-refractivity contribution in [2.24, 2.45) is 4.99 Å². The van der Waals surface area contributed by atoms with Crippen LogP contribution in [0.3, 0.4) is 0 Å². The molecule has 194 valence electrons. The SMILES string of the molecule is C/N=C1/NC=C/C1=C\N1CCCC(c2cccc(NC(=O)Nc3c(F)cccc3N3CCC[C@H]3C)c2)C1. The van der Waals surface area contributed by atoms with Crippen molar-refractivity contribution in [2.75, 3.05) is 42.2 Å². The van der Waals surface area contributed by atoms with E-state index in [0.29, 0.717) is 17.6 Å². The van der Waals surface area contributed by atoms with Crippen LogP contribution < -0.4 is 20.9 Å². The first kappa shape index (κ1) is 24.9. The van der Waals surface area contributed by atoms with E-state index in [4.69, 9.17) is 0 Å². The van der Waals surface area contributed by atoms with Crippen molar-refractivity contribution in [1.82, 2.24) is 10.2 Å². The molecule has 0 saturated carbocycles. The molecule has 3 aliphatic heterocycles. The van der Waals surface area contributed by atoms with E-state index in [9.17, 15) is 9.18 Å². The Balaban J connectivity index is 1.26. The molecule has 2 atom stereocenters. The van der Waals surface area contributed by atoms with Crippen molar-refractivity contribution < 1.29 is 9.18 Å². The zero-order valence-electron chi connectivity index (χ0n) is 21.5. The molecule has 2 aromatic rings. The van der Waals surface area contributed by atoms with Crippen LogP contribution in [0.1, 0.15) is 44.1 Å². The number of benzene rings is 2. The van der Waals surface area contributed by atoms with Crippen LogP contribution >= 0.6 is 0 Å². The molecule has 8 heteroatoms. The van der Waals surface area contributed by atoms with E-state index in [0.717, 1.165) is 62.4 Å². The standard InChI is InChI=1S/C29H35FN6O/c1-20-7-5-16-36(20)26-12-4-11-25(30)27(26)34-29(37)33-24-10-3-8-21(17-24)22-9-6-15-35(18-22)19-23-13-14-32-28(23)31-2/h3-4,8,10-14,17,19-20,22H,5-7,9,15-16,18H2,1-2H3,(H,31,32)(H2,33,34,37)/b23-19+/t20-,22?/m1/s1. The number of nitrogens with zero attached hydrogens (tertiary/aromatic N) is 3. The predicted octanol–water partition coefficient (Wildman–Crippen LogP) is 5.67. The molecule has 2 amide bonds. The lowest BCUT2D eigenvalue weighted by Gasteiger charge is -2.32. The van der Waals surface area contributed by atoms with E-state index in [1.54, 1.807) is 13.1 Å². The van der Waals surface area contributed by atoms with Crippen molar-refractivity contribution >= 4 is 28.9 Å². The molecular formula is C29H35FN6O. The average molecular weight is 503 g/mol. The Morgan fingerprint density at radius 1 is 1.14 bits per heavy atom. The summed E-state index contributed by atoms with van der Waals surface area (Å²) in [5.41, 5.74) is 3.93. The Morgan fingerprint density at radius 2 is 1.97 bits per heavy atom. The first-order valence-corrected chi connectivity index (χ1v) is 13.1. The van der Waals surface area contributed by atoms with Crippen LogP contribution in [0.2, 0.25) is 0 Å². The Bertz CT molecular complexity index is 1240. The van der Waals surface area contributed by atoms with Gasteiger partial charge in [0.05, 0.1) is 5.69 Å². The number of carbonyl (C=O) groups excluding carboxylic acids is 1. The molecule has 0 radical (unpaired) electrons. The number of likely N-dealkylation sites (tertiary alicyclic amines) is 1. The van der Waals surface area contributed by atoms with Crippen molar-refractivity contribution in [3.05, 3.63) is 77.9 Å². The van der Waals surface area contributed by atoms with E-state index in [1.165, 1.54) is 11.6 Å². The van der Waals surface area contributed by atoms with Gasteiger partial charge in [-0.15, -0.1) is 0 Å². The minimum atomic E-state index is -0.447. The van der Waals surface area contributed by atoms with Crippen LogP contribution in [-0.4, -0.2) is 49.5 Å². The number of aliphatic imine (C=N–C) groups is 1. The molecule has 3 N–H and O–H groups in total. The number of rotatable bonds is 5. The highest BCUT2D eigenvalue weighted by Gasteiger charge is 2.25. The van der Waals surface area contributed by atoms with E-state index in [2.05, 4.69) is 49.9 Å². The molecule has 3 aliphatic rings. The lowest BCUT2D eigenvalue weighted by molar-refractivity contribution is 0.262. The molecule has 2 saturated heterocycles. The Kier molecular flexibility index (Phi) is 7.44. The van der Waals surface area contributed by atoms with Crippen molar-refractivity contribution in [3.63, 3.8) is 0 Å². The summed E-state index contributed by atoms with van der Waals surface area (Å²) in [7, 11) is 1.79. The zero-order valence-corrected chi connectivity index (χ0v) is 21.5. The number of para-hydroxylation sites is 1. The van der Waals surface area contributed by atoms with Gasteiger partial charge in [0.1, 0.15) is 17.3 Å². The highest BCUT2D eigenvalue weighted by Crippen LogP contribution is 2.34. The molecule has 2 aromatic carbocycles. The fraction of sp³-hybridized carbons (Fsp3) is 0.379. The number of nitrogens with one attached hydrogen (secondary N) is 3. The van der Waals surface area contributed by atoms with Gasteiger partial charge in [0.25, 0.3) is 0 Å². The lowest BCUT2D eigenvalue weighted by Crippen LogP contribution is -2.31. The summed E-state index contributed by atoms with van der Waals surface area (Å²) >= 11 is 0. The molecule has 0 aromatic heterocycles. The Hall–Kier alpha value is -3.81. The van der Waals surface area contributed by atoms with E-state index < -0.39 is 11.8 Å². The zero-order chi connectivity index (χ0) is 25.8. The largest absolute Gasteiger partial charge is 0.376 e. The molecule has 0 aliphatic carbocycles. The van der Waals surface area contributed by atoms with Crippen LogP contribution in [0.25, 0.3) is 0 Å². The molecular weight excluding hydrogens is 467 g/mol. The Labute approximate surface area is 218 Å². The van der Waals surface area contributed by atoms with Crippen molar-refractivity contribution in [1.29, 1.82) is 0 Å². The maximum absolute atomic E-state index is 14.8. The number of carbonyl (C=O) groups is 1. The van der Waals surface area contributed by atoms with Gasteiger partial charge in [-0.1, -0.05) is 18.2 Å². The summed E-state index contributed by atoms with van der Waals surface area (Å²) in [4.78, 5) is 21.7. The van der Waals surface area contributed by atoms with Gasteiger partial charge in [-0.3, -0.25) is 4.99 Å². The molecule has 37 heavy (non-hydrogen) atoms. The summed E-state index contributed by atoms with van der Waals surface area (Å²) in [6.07, 6.45) is 10.4. The number of amidine groups is 1. The fourth-order valence-corrected chi connectivity index (χ4v) is 5.58. The number of urea groups is 1. The predicted molar refractivity (Wildman–Crippen MR) is 149 cm³/mol. The first-order valence-electron chi connectivity index (χ1n) is 13.1. The molecule has 2 fully saturated rings. The van der Waals surface area contributed by atoms with Gasteiger partial charge in [0, 0.05) is 62.3 Å². The third-order valence-electron chi connectivity index (χ3n) is 7.46. The normalized spacial score (nSPS) is 23.5. The fourth-order valence-electron chi connectivity index (χ4n) is 5.58. The lowest BCUT2D eigenvalue weighted by atomic mass is 9.90. The third kappa shape index (κ3) is 5.63. The molecule has 0 spiro atoms. The third-order valence-corrected chi connectivity index (χ3v) is 7.46. The smallest absolute Gasteiger partial charge is 0.323 e. The van der Waals surface area contributed by atoms with Gasteiger partial charge in [-0.2, -0.15) is 0 Å². The minimum Gasteiger partial charge on any atom is -0.376 e. The maximum atomic E-state index is 14.8. The number of hydrogen-bond acceptors (Lipinski definition) is 4. The number of piperidine rings is 1. The maximum Gasteiger partial charge on any atom is 0.323 e. The Morgan fingerprint density at radius 3 is 2.78 bits per heavy atom. The van der Waals surface area contributed by atoms with E-state index in [1.807, 2.05) is 36.5 Å². The summed E-state index contributed by atoms with van der Waals surface area (Å²) < 4.78 is 14.8. The van der Waals surface area contributed by atoms with Gasteiger partial charge in [0.2, 0.25) is 0 Å². The van der Waals surface area contributed by atoms with Gasteiger partial charge in [0.15, 0.2) is 0 Å². The summed E-state index contributed by atoms with van der Waals surface area (Å²) in [5, 5.41) is 8.85. The number of hydrogen-bond donors (Lipinski definition) is 3. The quantitative estimate of drug-likeness (QED) is 0.493. The molecule has 0 bridgehead atoms. The summed E-state index contributed by atoms with van der Waals surface area (Å²) in [5.74, 6) is 0.808. The highest BCUT2D eigenvalue weighted by atomic mass is 19.1. The second-order valence-corrected chi connectivity index (χ2v) is 9.99. The molecule has 3 heterocycles. The van der Waals surface area contributed by atoms with Crippen molar-refractivity contribution in [2.45, 2.75) is 44.6 Å². The van der Waals surface area contributed by atoms with Crippen LogP contribution in [0.5, 0.6) is 0 Å². The van der Waals surface area contributed by atoms with Crippen LogP contribution in [0.15, 0.2) is 71.5 Å². The van der Waals surface area contributed by atoms with Crippen molar-refractivity contribution in [3.8, 4) is 0 Å². The van der Waals surface area contributed by atoms with E-state index >= 15 is 0 Å². The second kappa shape index (κ2) is 11.1. The molecule has 7 nitrogen and oxygen atoms in total. The molecule has 5 rings (SSSR count). The minimum absolute atomic E-state index is 0.228.